The fourth-order valence-electron chi connectivity index (χ4n) is 2.43. The van der Waals surface area contributed by atoms with Gasteiger partial charge in [-0.3, -0.25) is 15.0 Å². The minimum atomic E-state index is -0.395. The highest BCUT2D eigenvalue weighted by molar-refractivity contribution is 5.95. The van der Waals surface area contributed by atoms with Crippen LogP contribution < -0.4 is 16.4 Å². The summed E-state index contributed by atoms with van der Waals surface area (Å²) in [7, 11) is 0. The number of carbonyl (C=O) groups excluding carboxylic acids is 2. The zero-order chi connectivity index (χ0) is 15.0. The average molecular weight is 284 g/mol. The molecule has 0 bridgehead atoms. The van der Waals surface area contributed by atoms with Crippen LogP contribution in [0.1, 0.15) is 39.5 Å². The lowest BCUT2D eigenvalue weighted by atomic mass is 9.91. The summed E-state index contributed by atoms with van der Waals surface area (Å²) in [6.45, 7) is 6.72. The average Bonchev–Trinajstić information content (AvgIpc) is 2.39. The van der Waals surface area contributed by atoms with Crippen LogP contribution in [0.5, 0.6) is 0 Å². The number of hydrogen-bond donors (Lipinski definition) is 3. The number of hydrogen-bond acceptors (Lipinski definition) is 4. The summed E-state index contributed by atoms with van der Waals surface area (Å²) in [6.07, 6.45) is 3.98. The first kappa shape index (κ1) is 16.9. The van der Waals surface area contributed by atoms with Crippen molar-refractivity contribution in [1.82, 2.24) is 15.5 Å². The number of nitrogens with one attached hydrogen (secondary N) is 2. The van der Waals surface area contributed by atoms with Crippen molar-refractivity contribution in [3.8, 4) is 0 Å². The van der Waals surface area contributed by atoms with E-state index in [9.17, 15) is 9.59 Å². The zero-order valence-electron chi connectivity index (χ0n) is 12.7. The molecule has 0 aromatic carbocycles. The van der Waals surface area contributed by atoms with Crippen molar-refractivity contribution >= 4 is 11.9 Å². The Hall–Kier alpha value is -1.14. The number of piperidine rings is 1. The number of likely N-dealkylation sites (tertiary alicyclic amines) is 1. The summed E-state index contributed by atoms with van der Waals surface area (Å²) >= 11 is 0. The van der Waals surface area contributed by atoms with Gasteiger partial charge in [0.25, 0.3) is 0 Å². The molecule has 0 radical (unpaired) electrons. The minimum absolute atomic E-state index is 0.218. The highest BCUT2D eigenvalue weighted by Gasteiger charge is 2.23. The number of carbonyl (C=O) groups is 2. The highest BCUT2D eigenvalue weighted by Crippen LogP contribution is 2.18. The van der Waals surface area contributed by atoms with Gasteiger partial charge in [-0.05, 0) is 45.2 Å². The number of urea groups is 1. The molecule has 6 nitrogen and oxygen atoms in total. The Balaban J connectivity index is 2.18. The van der Waals surface area contributed by atoms with Gasteiger partial charge in [-0.2, -0.15) is 0 Å². The van der Waals surface area contributed by atoms with Crippen LogP contribution in [-0.4, -0.2) is 49.1 Å². The number of nitrogens with zero attached hydrogens (tertiary/aromatic N) is 1. The van der Waals surface area contributed by atoms with Crippen molar-refractivity contribution in [1.29, 1.82) is 0 Å². The number of rotatable bonds is 6. The molecule has 0 spiro atoms. The molecule has 1 aliphatic heterocycles. The van der Waals surface area contributed by atoms with Gasteiger partial charge in [0.15, 0.2) is 0 Å². The van der Waals surface area contributed by atoms with E-state index in [1.165, 1.54) is 0 Å². The van der Waals surface area contributed by atoms with E-state index in [1.807, 2.05) is 6.92 Å². The first-order chi connectivity index (χ1) is 9.52. The Labute approximate surface area is 121 Å². The number of imide groups is 1. The first-order valence-corrected chi connectivity index (χ1v) is 7.58. The van der Waals surface area contributed by atoms with Crippen LogP contribution in [-0.2, 0) is 4.79 Å². The summed E-state index contributed by atoms with van der Waals surface area (Å²) in [5, 5.41) is 5.03. The van der Waals surface area contributed by atoms with Gasteiger partial charge in [0.1, 0.15) is 0 Å². The predicted molar refractivity (Wildman–Crippen MR) is 79.3 cm³/mol. The zero-order valence-corrected chi connectivity index (χ0v) is 12.7. The quantitative estimate of drug-likeness (QED) is 0.626. The van der Waals surface area contributed by atoms with Gasteiger partial charge in [-0.1, -0.05) is 13.3 Å². The Morgan fingerprint density at radius 2 is 2.00 bits per heavy atom. The molecule has 1 unspecified atom stereocenters. The molecule has 3 amide bonds. The molecule has 6 heteroatoms. The van der Waals surface area contributed by atoms with Crippen LogP contribution in [0.2, 0.25) is 0 Å². The lowest BCUT2D eigenvalue weighted by molar-refractivity contribution is -0.121. The van der Waals surface area contributed by atoms with Crippen LogP contribution >= 0.6 is 0 Å². The molecule has 20 heavy (non-hydrogen) atoms. The van der Waals surface area contributed by atoms with Crippen LogP contribution in [0, 0.1) is 5.92 Å². The van der Waals surface area contributed by atoms with Crippen LogP contribution in [0.15, 0.2) is 0 Å². The van der Waals surface area contributed by atoms with Crippen LogP contribution in [0.3, 0.4) is 0 Å². The van der Waals surface area contributed by atoms with Gasteiger partial charge < -0.3 is 11.1 Å². The smallest absolute Gasteiger partial charge is 0.321 e. The van der Waals surface area contributed by atoms with E-state index in [0.717, 1.165) is 38.8 Å². The van der Waals surface area contributed by atoms with E-state index < -0.39 is 6.03 Å². The van der Waals surface area contributed by atoms with E-state index in [4.69, 9.17) is 5.73 Å². The fraction of sp³-hybridized carbons (Fsp3) is 0.857. The molecule has 1 fully saturated rings. The van der Waals surface area contributed by atoms with Crippen molar-refractivity contribution < 1.29 is 9.59 Å². The van der Waals surface area contributed by atoms with Gasteiger partial charge in [-0.25, -0.2) is 4.79 Å². The monoisotopic (exact) mass is 284 g/mol. The molecular weight excluding hydrogens is 256 g/mol. The minimum Gasteiger partial charge on any atom is -0.338 e. The van der Waals surface area contributed by atoms with Gasteiger partial charge in [0.05, 0.1) is 6.54 Å². The molecule has 0 saturated carbocycles. The molecule has 0 aliphatic carbocycles. The third-order valence-corrected chi connectivity index (χ3v) is 3.81. The van der Waals surface area contributed by atoms with Gasteiger partial charge >= 0.3 is 6.03 Å². The predicted octanol–water partition coefficient (Wildman–Crippen LogP) is 0.672. The second kappa shape index (κ2) is 8.92. The number of nitrogens with two attached hydrogens (primary N) is 1. The molecule has 116 valence electrons. The largest absolute Gasteiger partial charge is 0.338 e. The van der Waals surface area contributed by atoms with Crippen molar-refractivity contribution in [3.63, 3.8) is 0 Å². The Kier molecular flexibility index (Phi) is 7.54. The van der Waals surface area contributed by atoms with E-state index in [2.05, 4.69) is 22.5 Å². The van der Waals surface area contributed by atoms with E-state index >= 15 is 0 Å². The summed E-state index contributed by atoms with van der Waals surface area (Å²) in [5.74, 6) is 0.310. The number of amides is 3. The highest BCUT2D eigenvalue weighted by atomic mass is 16.2. The topological polar surface area (TPSA) is 87.5 Å². The molecule has 1 saturated heterocycles. The Bertz CT molecular complexity index is 312. The maximum Gasteiger partial charge on any atom is 0.321 e. The Morgan fingerprint density at radius 3 is 2.55 bits per heavy atom. The van der Waals surface area contributed by atoms with Crippen molar-refractivity contribution in [2.45, 2.75) is 45.6 Å². The Morgan fingerprint density at radius 1 is 1.35 bits per heavy atom. The summed E-state index contributed by atoms with van der Waals surface area (Å²) in [4.78, 5) is 25.2. The van der Waals surface area contributed by atoms with Crippen LogP contribution in [0.25, 0.3) is 0 Å². The first-order valence-electron chi connectivity index (χ1n) is 7.58. The van der Waals surface area contributed by atoms with Crippen molar-refractivity contribution in [2.75, 3.05) is 26.2 Å². The standard InChI is InChI=1S/C14H28N4O2/c1-3-4-7-16-14(20)17-13(19)10-18-8-5-12(6-9-18)11(2)15/h11-12H,3-10,15H2,1-2H3,(H2,16,17,19,20). The molecule has 4 N–H and O–H groups in total. The molecule has 1 aliphatic rings. The molecule has 1 atom stereocenters. The van der Waals surface area contributed by atoms with Crippen molar-refractivity contribution in [3.05, 3.63) is 0 Å². The van der Waals surface area contributed by atoms with E-state index in [0.29, 0.717) is 12.5 Å². The summed E-state index contributed by atoms with van der Waals surface area (Å²) in [6, 6.07) is -0.177. The number of unbranched alkanes of at least 4 members (excludes halogenated alkanes) is 1. The molecule has 1 rings (SSSR count). The molecule has 0 aromatic heterocycles. The lowest BCUT2D eigenvalue weighted by Crippen LogP contribution is -2.47. The normalized spacial score (nSPS) is 18.6. The molecule has 1 heterocycles. The second-order valence-corrected chi connectivity index (χ2v) is 5.63. The van der Waals surface area contributed by atoms with E-state index in [-0.39, 0.29) is 18.5 Å². The lowest BCUT2D eigenvalue weighted by Gasteiger charge is -2.33. The third-order valence-electron chi connectivity index (χ3n) is 3.81. The van der Waals surface area contributed by atoms with Gasteiger partial charge in [-0.15, -0.1) is 0 Å². The van der Waals surface area contributed by atoms with Gasteiger partial charge in [0.2, 0.25) is 5.91 Å². The van der Waals surface area contributed by atoms with Crippen LogP contribution in [0.4, 0.5) is 4.79 Å². The summed E-state index contributed by atoms with van der Waals surface area (Å²) < 4.78 is 0. The maximum absolute atomic E-state index is 11.7. The maximum atomic E-state index is 11.7. The summed E-state index contributed by atoms with van der Waals surface area (Å²) in [5.41, 5.74) is 5.89. The SMILES string of the molecule is CCCCNC(=O)NC(=O)CN1CCC(C(C)N)CC1. The van der Waals surface area contributed by atoms with E-state index in [1.54, 1.807) is 0 Å². The fourth-order valence-corrected chi connectivity index (χ4v) is 2.43. The molecule has 0 aromatic rings. The molecular formula is C14H28N4O2. The van der Waals surface area contributed by atoms with Crippen molar-refractivity contribution in [2.24, 2.45) is 11.7 Å². The van der Waals surface area contributed by atoms with Gasteiger partial charge in [0, 0.05) is 12.6 Å². The third kappa shape index (κ3) is 6.34. The second-order valence-electron chi connectivity index (χ2n) is 5.63.